The predicted molar refractivity (Wildman–Crippen MR) is 119 cm³/mol. The molecule has 0 spiro atoms. The highest BCUT2D eigenvalue weighted by Crippen LogP contribution is 2.40. The van der Waals surface area contributed by atoms with Gasteiger partial charge in [-0.1, -0.05) is 0 Å². The van der Waals surface area contributed by atoms with Crippen molar-refractivity contribution in [3.05, 3.63) is 18.5 Å². The highest BCUT2D eigenvalue weighted by Gasteiger charge is 2.27. The summed E-state index contributed by atoms with van der Waals surface area (Å²) in [6.07, 6.45) is 1.14. The fraction of sp³-hybridized carbons (Fsp3) is 0.524. The number of carbonyl (C=O) groups is 1. The molecule has 1 fully saturated rings. The van der Waals surface area contributed by atoms with Crippen LogP contribution in [0.1, 0.15) is 20.8 Å². The predicted octanol–water partition coefficient (Wildman–Crippen LogP) is 2.70. The highest BCUT2D eigenvalue weighted by molar-refractivity contribution is 5.68. The van der Waals surface area contributed by atoms with Gasteiger partial charge in [0, 0.05) is 44.0 Å². The standard InChI is InChI=1S/C21H30N6O5/c1-21(2,3)32-20(28)27-9-7-26(8-10-27)19-23-13-22-18(25-19)24-14-11-15(29-4)17(31-6)16(12-14)30-5/h11-13H,7-10H2,1-6H3,(H,22,23,24,25). The molecular weight excluding hydrogens is 416 g/mol. The minimum Gasteiger partial charge on any atom is -0.493 e. The van der Waals surface area contributed by atoms with Crippen LogP contribution in [0.25, 0.3) is 0 Å². The first-order chi connectivity index (χ1) is 15.2. The van der Waals surface area contributed by atoms with E-state index in [4.69, 9.17) is 18.9 Å². The topological polar surface area (TPSA) is 111 Å². The normalized spacial score (nSPS) is 14.1. The van der Waals surface area contributed by atoms with Gasteiger partial charge in [0.15, 0.2) is 11.5 Å². The van der Waals surface area contributed by atoms with Crippen LogP contribution in [-0.4, -0.2) is 79.1 Å². The molecule has 3 rings (SSSR count). The van der Waals surface area contributed by atoms with Gasteiger partial charge in [-0.2, -0.15) is 4.98 Å². The highest BCUT2D eigenvalue weighted by atomic mass is 16.6. The van der Waals surface area contributed by atoms with Crippen molar-refractivity contribution in [3.63, 3.8) is 0 Å². The molecule has 1 aliphatic heterocycles. The van der Waals surface area contributed by atoms with E-state index in [2.05, 4.69) is 20.3 Å². The number of nitrogens with zero attached hydrogens (tertiary/aromatic N) is 5. The van der Waals surface area contributed by atoms with Gasteiger partial charge >= 0.3 is 6.09 Å². The Hall–Kier alpha value is -3.50. The monoisotopic (exact) mass is 446 g/mol. The molecule has 0 unspecified atom stereocenters. The van der Waals surface area contributed by atoms with E-state index in [1.807, 2.05) is 25.7 Å². The first kappa shape index (κ1) is 23.2. The molecule has 174 valence electrons. The van der Waals surface area contributed by atoms with Crippen molar-refractivity contribution in [1.29, 1.82) is 0 Å². The van der Waals surface area contributed by atoms with Gasteiger partial charge in [-0.25, -0.2) is 14.8 Å². The summed E-state index contributed by atoms with van der Waals surface area (Å²) in [6, 6.07) is 3.54. The Labute approximate surface area is 187 Å². The third kappa shape index (κ3) is 5.59. The molecule has 1 amide bonds. The maximum atomic E-state index is 12.3. The lowest BCUT2D eigenvalue weighted by molar-refractivity contribution is 0.0240. The zero-order valence-corrected chi connectivity index (χ0v) is 19.3. The van der Waals surface area contributed by atoms with Crippen LogP contribution >= 0.6 is 0 Å². The number of ether oxygens (including phenoxy) is 4. The molecule has 1 aromatic carbocycles. The lowest BCUT2D eigenvalue weighted by Crippen LogP contribution is -2.50. The molecule has 0 atom stereocenters. The minimum absolute atomic E-state index is 0.308. The van der Waals surface area contributed by atoms with Gasteiger partial charge in [-0.3, -0.25) is 0 Å². The lowest BCUT2D eigenvalue weighted by Gasteiger charge is -2.35. The van der Waals surface area contributed by atoms with Gasteiger partial charge in [0.1, 0.15) is 11.9 Å². The second-order valence-electron chi connectivity index (χ2n) is 8.10. The number of amides is 1. The number of benzene rings is 1. The number of methoxy groups -OCH3 is 3. The van der Waals surface area contributed by atoms with E-state index < -0.39 is 5.60 Å². The van der Waals surface area contributed by atoms with E-state index in [0.29, 0.717) is 61.0 Å². The molecule has 0 bridgehead atoms. The minimum atomic E-state index is -0.518. The number of piperazine rings is 1. The molecule has 32 heavy (non-hydrogen) atoms. The van der Waals surface area contributed by atoms with Crippen LogP contribution in [0.3, 0.4) is 0 Å². The van der Waals surface area contributed by atoms with Gasteiger partial charge in [-0.05, 0) is 20.8 Å². The number of hydrogen-bond donors (Lipinski definition) is 1. The van der Waals surface area contributed by atoms with Crippen molar-refractivity contribution in [2.24, 2.45) is 0 Å². The van der Waals surface area contributed by atoms with Gasteiger partial charge in [0.05, 0.1) is 21.3 Å². The second-order valence-corrected chi connectivity index (χ2v) is 8.10. The molecule has 1 aliphatic rings. The Balaban J connectivity index is 1.69. The molecule has 0 radical (unpaired) electrons. The van der Waals surface area contributed by atoms with Crippen LogP contribution in [-0.2, 0) is 4.74 Å². The quantitative estimate of drug-likeness (QED) is 0.711. The van der Waals surface area contributed by atoms with Gasteiger partial charge < -0.3 is 34.1 Å². The van der Waals surface area contributed by atoms with Crippen molar-refractivity contribution in [2.75, 3.05) is 57.7 Å². The van der Waals surface area contributed by atoms with Crippen molar-refractivity contribution < 1.29 is 23.7 Å². The Morgan fingerprint density at radius 2 is 1.59 bits per heavy atom. The number of nitrogens with one attached hydrogen (secondary N) is 1. The van der Waals surface area contributed by atoms with Crippen molar-refractivity contribution in [1.82, 2.24) is 19.9 Å². The smallest absolute Gasteiger partial charge is 0.410 e. The van der Waals surface area contributed by atoms with Gasteiger partial charge in [0.2, 0.25) is 17.6 Å². The Bertz CT molecular complexity index is 916. The molecule has 1 N–H and O–H groups in total. The Kier molecular flexibility index (Phi) is 7.06. The van der Waals surface area contributed by atoms with E-state index in [-0.39, 0.29) is 6.09 Å². The van der Waals surface area contributed by atoms with E-state index in [1.54, 1.807) is 38.4 Å². The van der Waals surface area contributed by atoms with Crippen molar-refractivity contribution in [3.8, 4) is 17.2 Å². The third-order valence-electron chi connectivity index (χ3n) is 4.69. The molecule has 1 saturated heterocycles. The summed E-state index contributed by atoms with van der Waals surface area (Å²) < 4.78 is 21.6. The first-order valence-electron chi connectivity index (χ1n) is 10.2. The molecule has 0 aliphatic carbocycles. The summed E-state index contributed by atoms with van der Waals surface area (Å²) in [4.78, 5) is 29.0. The van der Waals surface area contributed by atoms with Gasteiger partial charge in [0.25, 0.3) is 0 Å². The molecule has 2 aromatic rings. The maximum Gasteiger partial charge on any atom is 0.410 e. The summed E-state index contributed by atoms with van der Waals surface area (Å²) >= 11 is 0. The van der Waals surface area contributed by atoms with E-state index >= 15 is 0 Å². The number of rotatable bonds is 6. The van der Waals surface area contributed by atoms with E-state index in [0.717, 1.165) is 0 Å². The summed E-state index contributed by atoms with van der Waals surface area (Å²) in [5.74, 6) is 2.43. The molecule has 11 nitrogen and oxygen atoms in total. The fourth-order valence-electron chi connectivity index (χ4n) is 3.20. The van der Waals surface area contributed by atoms with Crippen LogP contribution < -0.4 is 24.4 Å². The van der Waals surface area contributed by atoms with Crippen LogP contribution in [0, 0.1) is 0 Å². The summed E-state index contributed by atoms with van der Waals surface area (Å²) in [5, 5.41) is 3.15. The van der Waals surface area contributed by atoms with Crippen LogP contribution in [0.15, 0.2) is 18.5 Å². The lowest BCUT2D eigenvalue weighted by atomic mass is 10.2. The van der Waals surface area contributed by atoms with Crippen molar-refractivity contribution in [2.45, 2.75) is 26.4 Å². The zero-order chi connectivity index (χ0) is 23.3. The third-order valence-corrected chi connectivity index (χ3v) is 4.69. The summed E-state index contributed by atoms with van der Waals surface area (Å²) in [5.41, 5.74) is 0.155. The molecule has 11 heteroatoms. The average molecular weight is 447 g/mol. The zero-order valence-electron chi connectivity index (χ0n) is 19.3. The van der Waals surface area contributed by atoms with E-state index in [1.165, 1.54) is 6.33 Å². The van der Waals surface area contributed by atoms with E-state index in [9.17, 15) is 4.79 Å². The van der Waals surface area contributed by atoms with Crippen LogP contribution in [0.2, 0.25) is 0 Å². The SMILES string of the molecule is COc1cc(Nc2ncnc(N3CCN(C(=O)OC(C)(C)C)CC3)n2)cc(OC)c1OC. The average Bonchev–Trinajstić information content (AvgIpc) is 2.77. The largest absolute Gasteiger partial charge is 0.493 e. The number of aromatic nitrogens is 3. The molecular formula is C21H30N6O5. The summed E-state index contributed by atoms with van der Waals surface area (Å²) in [6.45, 7) is 7.80. The molecule has 1 aromatic heterocycles. The Morgan fingerprint density at radius 3 is 2.12 bits per heavy atom. The fourth-order valence-corrected chi connectivity index (χ4v) is 3.20. The van der Waals surface area contributed by atoms with Crippen LogP contribution in [0.4, 0.5) is 22.4 Å². The second kappa shape index (κ2) is 9.75. The summed E-state index contributed by atoms with van der Waals surface area (Å²) in [7, 11) is 4.66. The number of anilines is 3. The Morgan fingerprint density at radius 1 is 0.969 bits per heavy atom. The number of carbonyl (C=O) groups excluding carboxylic acids is 1. The number of hydrogen-bond acceptors (Lipinski definition) is 10. The maximum absolute atomic E-state index is 12.3. The first-order valence-corrected chi connectivity index (χ1v) is 10.2. The molecule has 0 saturated carbocycles. The molecule has 2 heterocycles. The van der Waals surface area contributed by atoms with Crippen molar-refractivity contribution >= 4 is 23.7 Å². The van der Waals surface area contributed by atoms with Crippen LogP contribution in [0.5, 0.6) is 17.2 Å². The van der Waals surface area contributed by atoms with Gasteiger partial charge in [-0.15, -0.1) is 0 Å².